The summed E-state index contributed by atoms with van der Waals surface area (Å²) in [4.78, 5) is 11.6. The van der Waals surface area contributed by atoms with Crippen molar-refractivity contribution in [3.05, 3.63) is 41.7 Å². The van der Waals surface area contributed by atoms with Gasteiger partial charge in [0.25, 0.3) is 5.91 Å². The monoisotopic (exact) mass is 279 g/mol. The van der Waals surface area contributed by atoms with Gasteiger partial charge in [0.05, 0.1) is 19.3 Å². The van der Waals surface area contributed by atoms with Gasteiger partial charge in [0.15, 0.2) is 5.83 Å². The Balaban J connectivity index is 2.36. The quantitative estimate of drug-likeness (QED) is 0.860. The zero-order chi connectivity index (χ0) is 14.7. The molecule has 0 saturated heterocycles. The summed E-state index contributed by atoms with van der Waals surface area (Å²) in [6.45, 7) is 3.02. The number of ether oxygens (including phenoxy) is 2. The highest BCUT2D eigenvalue weighted by molar-refractivity contribution is 5.90. The number of carbonyl (C=O) groups is 1. The molecule has 1 aromatic rings. The van der Waals surface area contributed by atoms with E-state index in [-0.39, 0.29) is 6.10 Å². The van der Waals surface area contributed by atoms with Crippen molar-refractivity contribution < 1.29 is 18.7 Å². The first-order valence-corrected chi connectivity index (χ1v) is 6.41. The molecule has 1 amide bonds. The number of amides is 1. The van der Waals surface area contributed by atoms with Crippen LogP contribution in [0.25, 0.3) is 0 Å². The molecule has 1 aliphatic carbocycles. The van der Waals surface area contributed by atoms with Crippen molar-refractivity contribution in [2.45, 2.75) is 25.0 Å². The number of carbonyl (C=O) groups excluding carboxylic acids is 1. The average Bonchev–Trinajstić information content (AvgIpc) is 2.46. The molecule has 0 radical (unpaired) electrons. The lowest BCUT2D eigenvalue weighted by Crippen LogP contribution is -2.40. The van der Waals surface area contributed by atoms with E-state index in [0.29, 0.717) is 5.75 Å². The maximum Gasteiger partial charge on any atom is 0.279 e. The summed E-state index contributed by atoms with van der Waals surface area (Å²) in [5, 5.41) is 2.63. The van der Waals surface area contributed by atoms with Gasteiger partial charge in [-0.1, -0.05) is 12.6 Å². The van der Waals surface area contributed by atoms with Gasteiger partial charge in [0.2, 0.25) is 0 Å². The molecule has 0 saturated carbocycles. The van der Waals surface area contributed by atoms with E-state index in [9.17, 15) is 9.18 Å². The SMILES string of the molecule is C=C(F)C(=O)NC1c2cc(OC)ccc2CCC1OC. The number of rotatable bonds is 4. The third kappa shape index (κ3) is 2.82. The normalized spacial score (nSPS) is 20.9. The molecule has 1 aliphatic rings. The molecule has 0 bridgehead atoms. The Morgan fingerprint density at radius 1 is 1.45 bits per heavy atom. The highest BCUT2D eigenvalue weighted by atomic mass is 19.1. The third-order valence-electron chi connectivity index (χ3n) is 3.59. The zero-order valence-electron chi connectivity index (χ0n) is 11.6. The molecule has 2 unspecified atom stereocenters. The highest BCUT2D eigenvalue weighted by Gasteiger charge is 2.31. The minimum Gasteiger partial charge on any atom is -0.497 e. The Hall–Kier alpha value is -1.88. The molecule has 0 fully saturated rings. The first-order valence-electron chi connectivity index (χ1n) is 6.41. The maximum atomic E-state index is 12.9. The van der Waals surface area contributed by atoms with E-state index >= 15 is 0 Å². The summed E-state index contributed by atoms with van der Waals surface area (Å²) >= 11 is 0. The minimum atomic E-state index is -1.00. The molecule has 108 valence electrons. The van der Waals surface area contributed by atoms with Crippen LogP contribution < -0.4 is 10.1 Å². The van der Waals surface area contributed by atoms with Gasteiger partial charge in [-0.3, -0.25) is 4.79 Å². The van der Waals surface area contributed by atoms with Crippen LogP contribution in [0.1, 0.15) is 23.6 Å². The molecule has 0 aromatic heterocycles. The van der Waals surface area contributed by atoms with Crippen LogP contribution in [0.15, 0.2) is 30.6 Å². The zero-order valence-corrected chi connectivity index (χ0v) is 11.6. The molecular weight excluding hydrogens is 261 g/mol. The minimum absolute atomic E-state index is 0.196. The molecule has 2 rings (SSSR count). The summed E-state index contributed by atoms with van der Waals surface area (Å²) in [6, 6.07) is 5.29. The maximum absolute atomic E-state index is 12.9. The summed E-state index contributed by atoms with van der Waals surface area (Å²) in [5.41, 5.74) is 2.01. The Kier molecular flexibility index (Phi) is 4.39. The number of benzene rings is 1. The van der Waals surface area contributed by atoms with Crippen molar-refractivity contribution in [2.75, 3.05) is 14.2 Å². The summed E-state index contributed by atoms with van der Waals surface area (Å²) < 4.78 is 23.5. The lowest BCUT2D eigenvalue weighted by atomic mass is 9.85. The summed E-state index contributed by atoms with van der Waals surface area (Å²) in [5.74, 6) is -1.12. The summed E-state index contributed by atoms with van der Waals surface area (Å²) in [7, 11) is 3.16. The van der Waals surface area contributed by atoms with Gasteiger partial charge in [0, 0.05) is 7.11 Å². The van der Waals surface area contributed by atoms with Gasteiger partial charge in [-0.15, -0.1) is 0 Å². The van der Waals surface area contributed by atoms with Gasteiger partial charge >= 0.3 is 0 Å². The highest BCUT2D eigenvalue weighted by Crippen LogP contribution is 2.34. The molecule has 2 atom stereocenters. The second kappa shape index (κ2) is 6.05. The predicted molar refractivity (Wildman–Crippen MR) is 73.2 cm³/mol. The second-order valence-corrected chi connectivity index (χ2v) is 4.73. The fourth-order valence-electron chi connectivity index (χ4n) is 2.53. The van der Waals surface area contributed by atoms with Crippen molar-refractivity contribution in [3.8, 4) is 5.75 Å². The molecule has 1 N–H and O–H groups in total. The standard InChI is InChI=1S/C15H18FNO3/c1-9(16)15(18)17-14-12-8-11(19-2)6-4-10(12)5-7-13(14)20-3/h4,6,8,13-14H,1,5,7H2,2-3H3,(H,17,18). The first kappa shape index (κ1) is 14.5. The van der Waals surface area contributed by atoms with Crippen LogP contribution in [0.5, 0.6) is 5.75 Å². The third-order valence-corrected chi connectivity index (χ3v) is 3.59. The predicted octanol–water partition coefficient (Wildman–Crippen LogP) is 2.30. The van der Waals surface area contributed by atoms with Crippen molar-refractivity contribution in [1.29, 1.82) is 0 Å². The van der Waals surface area contributed by atoms with E-state index in [0.717, 1.165) is 24.0 Å². The van der Waals surface area contributed by atoms with Crippen molar-refractivity contribution in [3.63, 3.8) is 0 Å². The van der Waals surface area contributed by atoms with Crippen LogP contribution >= 0.6 is 0 Å². The number of methoxy groups -OCH3 is 2. The van der Waals surface area contributed by atoms with Crippen LogP contribution in [-0.4, -0.2) is 26.2 Å². The van der Waals surface area contributed by atoms with Gasteiger partial charge < -0.3 is 14.8 Å². The fraction of sp³-hybridized carbons (Fsp3) is 0.400. The molecular formula is C15H18FNO3. The van der Waals surface area contributed by atoms with E-state index in [2.05, 4.69) is 11.9 Å². The number of hydrogen-bond acceptors (Lipinski definition) is 3. The molecule has 4 nitrogen and oxygen atoms in total. The molecule has 0 heterocycles. The van der Waals surface area contributed by atoms with Crippen molar-refractivity contribution in [2.24, 2.45) is 0 Å². The average molecular weight is 279 g/mol. The van der Waals surface area contributed by atoms with E-state index in [1.54, 1.807) is 14.2 Å². The van der Waals surface area contributed by atoms with Crippen LogP contribution in [0, 0.1) is 0 Å². The van der Waals surface area contributed by atoms with Gasteiger partial charge in [-0.2, -0.15) is 0 Å². The molecule has 0 spiro atoms. The van der Waals surface area contributed by atoms with Crippen LogP contribution in [0.2, 0.25) is 0 Å². The number of fused-ring (bicyclic) bond motifs is 1. The van der Waals surface area contributed by atoms with Gasteiger partial charge in [-0.05, 0) is 36.1 Å². The van der Waals surface area contributed by atoms with E-state index in [1.165, 1.54) is 0 Å². The van der Waals surface area contributed by atoms with Crippen LogP contribution in [-0.2, 0) is 16.0 Å². The molecule has 5 heteroatoms. The van der Waals surface area contributed by atoms with Crippen molar-refractivity contribution in [1.82, 2.24) is 5.32 Å². The van der Waals surface area contributed by atoms with Crippen molar-refractivity contribution >= 4 is 5.91 Å². The number of hydrogen-bond donors (Lipinski definition) is 1. The lowest BCUT2D eigenvalue weighted by Gasteiger charge is -2.33. The Bertz CT molecular complexity index is 530. The topological polar surface area (TPSA) is 47.6 Å². The second-order valence-electron chi connectivity index (χ2n) is 4.73. The Morgan fingerprint density at radius 2 is 2.20 bits per heavy atom. The molecule has 0 aliphatic heterocycles. The van der Waals surface area contributed by atoms with E-state index < -0.39 is 17.8 Å². The van der Waals surface area contributed by atoms with Crippen LogP contribution in [0.3, 0.4) is 0 Å². The largest absolute Gasteiger partial charge is 0.497 e. The lowest BCUT2D eigenvalue weighted by molar-refractivity contribution is -0.120. The molecule has 1 aromatic carbocycles. The Labute approximate surface area is 117 Å². The summed E-state index contributed by atoms with van der Waals surface area (Å²) in [6.07, 6.45) is 1.42. The first-order chi connectivity index (χ1) is 9.56. The fourth-order valence-corrected chi connectivity index (χ4v) is 2.53. The van der Waals surface area contributed by atoms with Gasteiger partial charge in [-0.25, -0.2) is 4.39 Å². The van der Waals surface area contributed by atoms with E-state index in [1.807, 2.05) is 18.2 Å². The smallest absolute Gasteiger partial charge is 0.279 e. The Morgan fingerprint density at radius 3 is 2.80 bits per heavy atom. The number of nitrogens with one attached hydrogen (secondary N) is 1. The number of aryl methyl sites for hydroxylation is 1. The number of halogens is 1. The van der Waals surface area contributed by atoms with Gasteiger partial charge in [0.1, 0.15) is 5.75 Å². The molecule has 20 heavy (non-hydrogen) atoms. The van der Waals surface area contributed by atoms with E-state index in [4.69, 9.17) is 9.47 Å². The van der Waals surface area contributed by atoms with Crippen LogP contribution in [0.4, 0.5) is 4.39 Å².